The van der Waals surface area contributed by atoms with Crippen molar-refractivity contribution in [3.05, 3.63) is 322 Å². The van der Waals surface area contributed by atoms with Gasteiger partial charge in [-0.05, 0) is 140 Å². The van der Waals surface area contributed by atoms with Gasteiger partial charge in [-0.15, -0.1) is 20.1 Å². The van der Waals surface area contributed by atoms with Crippen molar-refractivity contribution in [1.82, 2.24) is 33.5 Å². The molecule has 0 N–H and O–H groups in total. The quantitative estimate of drug-likeness (QED) is 0.122. The third-order valence-electron chi connectivity index (χ3n) is 16.3. The van der Waals surface area contributed by atoms with Crippen LogP contribution in [-0.2, 0) is 0 Å². The van der Waals surface area contributed by atoms with Crippen LogP contribution in [0.3, 0.4) is 0 Å². The number of rotatable bonds is 12. The molecule has 85 heavy (non-hydrogen) atoms. The maximum atomic E-state index is 5.62. The van der Waals surface area contributed by atoms with Gasteiger partial charge < -0.3 is 4.57 Å². The van der Waals surface area contributed by atoms with E-state index in [-0.39, 0.29) is 0 Å². The maximum Gasteiger partial charge on any atom is 0.241 e. The summed E-state index contributed by atoms with van der Waals surface area (Å²) in [6.45, 7) is 0. The van der Waals surface area contributed by atoms with Crippen molar-refractivity contribution in [2.45, 2.75) is 39.2 Å². The highest BCUT2D eigenvalue weighted by molar-refractivity contribution is 8.34. The molecule has 16 rings (SSSR count). The van der Waals surface area contributed by atoms with E-state index in [1.54, 1.807) is 0 Å². The number of benzene rings is 12. The van der Waals surface area contributed by atoms with Crippen molar-refractivity contribution in [2.75, 3.05) is 0 Å². The van der Waals surface area contributed by atoms with E-state index >= 15 is 0 Å². The van der Waals surface area contributed by atoms with Crippen LogP contribution in [0.2, 0.25) is 0 Å². The molecule has 404 valence electrons. The van der Waals surface area contributed by atoms with Crippen molar-refractivity contribution in [1.29, 1.82) is 0 Å². The topological polar surface area (TPSA) is 65.8 Å². The summed E-state index contributed by atoms with van der Waals surface area (Å²) in [5.41, 5.74) is 8.82. The molecule has 0 aliphatic heterocycles. The van der Waals surface area contributed by atoms with E-state index in [2.05, 4.69) is 335 Å². The van der Waals surface area contributed by atoms with Gasteiger partial charge in [-0.2, -0.15) is 9.97 Å². The lowest BCUT2D eigenvalue weighted by atomic mass is 10.2. The summed E-state index contributed by atoms with van der Waals surface area (Å²) in [7, 11) is -4.13. The van der Waals surface area contributed by atoms with Gasteiger partial charge in [0.05, 0.1) is 33.1 Å². The minimum atomic E-state index is -2.06. The zero-order chi connectivity index (χ0) is 56.3. The van der Waals surface area contributed by atoms with Gasteiger partial charge in [0.2, 0.25) is 11.7 Å². The molecule has 4 aromatic heterocycles. The smallest absolute Gasteiger partial charge is 0.241 e. The molecule has 0 radical (unpaired) electrons. The van der Waals surface area contributed by atoms with E-state index in [0.29, 0.717) is 23.4 Å². The lowest BCUT2D eigenvalue weighted by molar-refractivity contribution is 0.936. The molecule has 12 aromatic carbocycles. The predicted molar refractivity (Wildman–Crippen MR) is 348 cm³/mol. The van der Waals surface area contributed by atoms with Gasteiger partial charge in [-0.1, -0.05) is 182 Å². The van der Waals surface area contributed by atoms with E-state index in [4.69, 9.17) is 19.9 Å². The SMILES string of the molecule is c1ccc(S(c2ccccc2)(c2ccccc2)c2cccc(-c3nc(-c4cccc(S(c5ccccc5)(c5ccccc5)c5ccccc5)c4)nc(-n4c5ccccc5n5c6cc(-n7c8ccccc8c8ccccc87)ccc6nc45)n3)c2)cc1. The van der Waals surface area contributed by atoms with Crippen molar-refractivity contribution in [3.8, 4) is 34.4 Å². The molecule has 0 atom stereocenters. The molecule has 0 amide bonds. The molecular formula is C76H53N7S2. The van der Waals surface area contributed by atoms with Gasteiger partial charge in [0.15, 0.2) is 11.6 Å². The van der Waals surface area contributed by atoms with E-state index in [9.17, 15) is 0 Å². The van der Waals surface area contributed by atoms with Crippen molar-refractivity contribution in [3.63, 3.8) is 0 Å². The number of para-hydroxylation sites is 4. The number of fused-ring (bicyclic) bond motifs is 8. The van der Waals surface area contributed by atoms with Crippen LogP contribution >= 0.6 is 20.1 Å². The van der Waals surface area contributed by atoms with Gasteiger partial charge >= 0.3 is 0 Å². The second-order valence-corrected chi connectivity index (χ2v) is 27.3. The van der Waals surface area contributed by atoms with Crippen LogP contribution in [0.15, 0.2) is 361 Å². The molecule has 9 heteroatoms. The zero-order valence-electron chi connectivity index (χ0n) is 46.0. The van der Waals surface area contributed by atoms with E-state index in [0.717, 1.165) is 59.7 Å². The lowest BCUT2D eigenvalue weighted by Crippen LogP contribution is -2.08. The summed E-state index contributed by atoms with van der Waals surface area (Å²) < 4.78 is 6.75. The Hall–Kier alpha value is -10.6. The summed E-state index contributed by atoms with van der Waals surface area (Å²) in [6, 6.07) is 116. The first-order valence-corrected chi connectivity index (χ1v) is 31.8. The average Bonchev–Trinajstić information content (AvgIpc) is 2.17. The Morgan fingerprint density at radius 1 is 0.247 bits per heavy atom. The van der Waals surface area contributed by atoms with Gasteiger partial charge in [0.1, 0.15) is 0 Å². The summed E-state index contributed by atoms with van der Waals surface area (Å²) >= 11 is 0. The van der Waals surface area contributed by atoms with E-state index < -0.39 is 20.1 Å². The Labute approximate surface area is 495 Å². The first kappa shape index (κ1) is 50.2. The molecule has 4 heterocycles. The largest absolute Gasteiger partial charge is 0.309 e. The number of hydrogen-bond acceptors (Lipinski definition) is 4. The minimum absolute atomic E-state index is 0.459. The molecule has 16 aromatic rings. The fourth-order valence-corrected chi connectivity index (χ4v) is 20.5. The van der Waals surface area contributed by atoms with Crippen LogP contribution in [0, 0.1) is 0 Å². The highest BCUT2D eigenvalue weighted by atomic mass is 32.3. The molecule has 0 aliphatic carbocycles. The Morgan fingerprint density at radius 2 is 0.612 bits per heavy atom. The normalized spacial score (nSPS) is 12.4. The Bertz CT molecular complexity index is 4690. The summed E-state index contributed by atoms with van der Waals surface area (Å²) in [5, 5.41) is 2.43. The zero-order valence-corrected chi connectivity index (χ0v) is 47.7. The summed E-state index contributed by atoms with van der Waals surface area (Å²) in [5.74, 6) is 2.24. The standard InChI is InChI=1S/C76H53N7S2/c1-7-29-57(30-8-1)84(58-31-9-2-10-32-58,59-33-11-3-12-34-59)63-41-25-27-54(51-63)73-78-74(55-28-26-42-64(52-55)85(60-35-13-4-14-36-60,61-37-15-5-16-38-61)62-39-17-6-18-40-62)80-75(79-73)83-71-48-24-23-47-70(71)82-72-53-56(49-50-67(72)77-76(82)83)81-68-45-21-19-43-65(68)66-44-20-22-46-69(66)81/h1-53H. The van der Waals surface area contributed by atoms with Gasteiger partial charge in [-0.25, -0.2) is 14.5 Å². The lowest BCUT2D eigenvalue weighted by Gasteiger charge is -2.42. The Kier molecular flexibility index (Phi) is 12.2. The molecule has 0 saturated heterocycles. The molecule has 0 bridgehead atoms. The molecule has 0 fully saturated rings. The fourth-order valence-electron chi connectivity index (χ4n) is 12.7. The second kappa shape index (κ2) is 20.7. The number of hydrogen-bond donors (Lipinski definition) is 0. The monoisotopic (exact) mass is 1130 g/mol. The predicted octanol–water partition coefficient (Wildman–Crippen LogP) is 19.7. The fraction of sp³-hybridized carbons (Fsp3) is 0. The van der Waals surface area contributed by atoms with Crippen LogP contribution in [0.1, 0.15) is 0 Å². The van der Waals surface area contributed by atoms with Crippen LogP contribution in [0.5, 0.6) is 0 Å². The molecule has 0 unspecified atom stereocenters. The number of nitrogens with zero attached hydrogens (tertiary/aromatic N) is 7. The van der Waals surface area contributed by atoms with Crippen LogP contribution < -0.4 is 0 Å². The maximum absolute atomic E-state index is 5.62. The third-order valence-corrected chi connectivity index (χ3v) is 24.1. The van der Waals surface area contributed by atoms with Gasteiger partial charge in [-0.3, -0.25) is 4.40 Å². The van der Waals surface area contributed by atoms with Crippen molar-refractivity contribution < 1.29 is 0 Å². The third kappa shape index (κ3) is 8.07. The van der Waals surface area contributed by atoms with E-state index in [1.165, 1.54) is 40.1 Å². The molecule has 0 saturated carbocycles. The highest BCUT2D eigenvalue weighted by Gasteiger charge is 2.36. The van der Waals surface area contributed by atoms with Crippen molar-refractivity contribution in [2.24, 2.45) is 0 Å². The Morgan fingerprint density at radius 3 is 1.04 bits per heavy atom. The van der Waals surface area contributed by atoms with Gasteiger partial charge in [0.25, 0.3) is 0 Å². The first-order chi connectivity index (χ1) is 42.2. The van der Waals surface area contributed by atoms with Gasteiger partial charge in [0, 0.05) is 66.8 Å². The molecule has 0 spiro atoms. The van der Waals surface area contributed by atoms with E-state index in [1.807, 2.05) is 0 Å². The van der Waals surface area contributed by atoms with Crippen LogP contribution in [0.4, 0.5) is 0 Å². The second-order valence-electron chi connectivity index (χ2n) is 21.1. The van der Waals surface area contributed by atoms with Crippen molar-refractivity contribution >= 4 is 69.7 Å². The highest BCUT2D eigenvalue weighted by Crippen LogP contribution is 2.75. The molecule has 7 nitrogen and oxygen atoms in total. The van der Waals surface area contributed by atoms with Crippen LogP contribution in [-0.4, -0.2) is 33.5 Å². The Balaban J connectivity index is 0.958. The average molecular weight is 1130 g/mol. The minimum Gasteiger partial charge on any atom is -0.309 e. The first-order valence-electron chi connectivity index (χ1n) is 28.5. The summed E-state index contributed by atoms with van der Waals surface area (Å²) in [4.78, 5) is 32.1. The summed E-state index contributed by atoms with van der Waals surface area (Å²) in [6.07, 6.45) is 0. The van der Waals surface area contributed by atoms with Crippen LogP contribution in [0.25, 0.3) is 84.1 Å². The number of imidazole rings is 2. The molecular weight excluding hydrogens is 1080 g/mol. The molecule has 0 aliphatic rings. The number of aromatic nitrogens is 7.